The number of nitrogens with zero attached hydrogens (tertiary/aromatic N) is 2. The number of aliphatic hydroxyl groups is 1. The fourth-order valence-corrected chi connectivity index (χ4v) is 5.02. The second kappa shape index (κ2) is 8.14. The summed E-state index contributed by atoms with van der Waals surface area (Å²) in [5.41, 5.74) is 0.0439. The first-order valence-corrected chi connectivity index (χ1v) is 10.6. The Morgan fingerprint density at radius 3 is 2.41 bits per heavy atom. The normalized spacial score (nSPS) is 23.3. The molecule has 2 N–H and O–H groups in total. The average molecular weight is 399 g/mol. The molecule has 7 nitrogen and oxygen atoms in total. The highest BCUT2D eigenvalue weighted by Crippen LogP contribution is 2.35. The van der Waals surface area contributed by atoms with Crippen LogP contribution in [0.25, 0.3) is 0 Å². The van der Waals surface area contributed by atoms with E-state index in [-0.39, 0.29) is 23.8 Å². The Kier molecular flexibility index (Phi) is 5.58. The zero-order valence-corrected chi connectivity index (χ0v) is 16.7. The van der Waals surface area contributed by atoms with Gasteiger partial charge in [0.2, 0.25) is 0 Å². The number of likely N-dealkylation sites (tertiary alicyclic amines) is 1. The number of hydrogen-bond donors (Lipinski definition) is 2. The largest absolute Gasteiger partial charge is 0.383 e. The van der Waals surface area contributed by atoms with Crippen molar-refractivity contribution in [1.29, 1.82) is 0 Å². The van der Waals surface area contributed by atoms with Crippen molar-refractivity contribution in [2.45, 2.75) is 63.1 Å². The minimum Gasteiger partial charge on any atom is -0.383 e. The molecule has 2 saturated heterocycles. The van der Waals surface area contributed by atoms with Crippen LogP contribution in [-0.2, 0) is 16.1 Å². The smallest absolute Gasteiger partial charge is 0.325 e. The molecule has 0 bridgehead atoms. The third-order valence-corrected chi connectivity index (χ3v) is 6.84. The Hall–Kier alpha value is -2.41. The molecule has 156 valence electrons. The van der Waals surface area contributed by atoms with Crippen molar-refractivity contribution < 1.29 is 19.5 Å². The van der Waals surface area contributed by atoms with Crippen LogP contribution in [0.1, 0.15) is 50.5 Å². The summed E-state index contributed by atoms with van der Waals surface area (Å²) in [6.07, 6.45) is 4.91. The summed E-state index contributed by atoms with van der Waals surface area (Å²) in [6.45, 7) is 1.10. The highest BCUT2D eigenvalue weighted by atomic mass is 16.3. The molecule has 4 amide bonds. The summed E-state index contributed by atoms with van der Waals surface area (Å²) in [5, 5.41) is 13.0. The second-order valence-electron chi connectivity index (χ2n) is 8.53. The van der Waals surface area contributed by atoms with Gasteiger partial charge in [0.15, 0.2) is 0 Å². The summed E-state index contributed by atoms with van der Waals surface area (Å²) in [5.74, 6) is -0.470. The maximum Gasteiger partial charge on any atom is 0.325 e. The number of imide groups is 1. The van der Waals surface area contributed by atoms with Gasteiger partial charge in [-0.2, -0.15) is 0 Å². The number of amides is 4. The average Bonchev–Trinajstić information content (AvgIpc) is 2.98. The van der Waals surface area contributed by atoms with E-state index in [1.54, 1.807) is 9.80 Å². The van der Waals surface area contributed by atoms with E-state index < -0.39 is 11.6 Å². The van der Waals surface area contributed by atoms with E-state index in [1.165, 1.54) is 6.42 Å². The molecule has 3 aliphatic rings. The third kappa shape index (κ3) is 3.75. The van der Waals surface area contributed by atoms with Gasteiger partial charge in [0.05, 0.1) is 0 Å². The molecule has 0 radical (unpaired) electrons. The number of benzene rings is 1. The first-order valence-electron chi connectivity index (χ1n) is 10.6. The first-order chi connectivity index (χ1) is 14.0. The van der Waals surface area contributed by atoms with Gasteiger partial charge in [-0.3, -0.25) is 14.9 Å². The fraction of sp³-hybridized carbons (Fsp3) is 0.591. The molecule has 2 heterocycles. The van der Waals surface area contributed by atoms with Crippen LogP contribution in [0.15, 0.2) is 30.3 Å². The van der Waals surface area contributed by atoms with Crippen molar-refractivity contribution in [3.8, 4) is 0 Å². The Labute approximate surface area is 171 Å². The monoisotopic (exact) mass is 399 g/mol. The van der Waals surface area contributed by atoms with E-state index in [0.717, 1.165) is 31.2 Å². The number of nitrogens with one attached hydrogen (secondary N) is 1. The van der Waals surface area contributed by atoms with Crippen LogP contribution >= 0.6 is 0 Å². The van der Waals surface area contributed by atoms with E-state index in [0.29, 0.717) is 32.5 Å². The molecule has 1 spiro atoms. The lowest BCUT2D eigenvalue weighted by Gasteiger charge is -2.43. The third-order valence-electron chi connectivity index (χ3n) is 6.84. The van der Waals surface area contributed by atoms with Crippen molar-refractivity contribution in [2.24, 2.45) is 5.92 Å². The summed E-state index contributed by atoms with van der Waals surface area (Å²) >= 11 is 0. The predicted octanol–water partition coefficient (Wildman–Crippen LogP) is 2.04. The lowest BCUT2D eigenvalue weighted by molar-refractivity contribution is -0.148. The molecule has 1 aromatic rings. The number of aliphatic hydroxyl groups excluding tert-OH is 1. The van der Waals surface area contributed by atoms with Crippen LogP contribution in [0.4, 0.5) is 4.79 Å². The van der Waals surface area contributed by atoms with Crippen molar-refractivity contribution in [2.75, 3.05) is 13.1 Å². The van der Waals surface area contributed by atoms with E-state index in [1.807, 2.05) is 30.3 Å². The number of rotatable bonds is 4. The zero-order chi connectivity index (χ0) is 20.4. The number of piperidine rings is 1. The SMILES string of the molecule is O=C([C@H](O)C1CCCCC1)N1CCC2(CC1)C(=O)NC(=O)N2Cc1ccccc1. The van der Waals surface area contributed by atoms with Gasteiger partial charge in [0.1, 0.15) is 11.6 Å². The van der Waals surface area contributed by atoms with Crippen LogP contribution in [0.3, 0.4) is 0 Å². The molecule has 2 aliphatic heterocycles. The molecule has 3 fully saturated rings. The van der Waals surface area contributed by atoms with Gasteiger partial charge in [-0.15, -0.1) is 0 Å². The number of urea groups is 1. The fourth-order valence-electron chi connectivity index (χ4n) is 5.02. The van der Waals surface area contributed by atoms with E-state index in [4.69, 9.17) is 0 Å². The molecule has 1 saturated carbocycles. The van der Waals surface area contributed by atoms with Crippen LogP contribution in [-0.4, -0.2) is 57.5 Å². The molecular weight excluding hydrogens is 370 g/mol. The molecule has 0 aromatic heterocycles. The number of carbonyl (C=O) groups excluding carboxylic acids is 3. The Balaban J connectivity index is 1.43. The number of hydrogen-bond acceptors (Lipinski definition) is 4. The molecule has 0 unspecified atom stereocenters. The summed E-state index contributed by atoms with van der Waals surface area (Å²) in [7, 11) is 0. The van der Waals surface area contributed by atoms with Gasteiger partial charge in [-0.25, -0.2) is 4.79 Å². The van der Waals surface area contributed by atoms with E-state index in [9.17, 15) is 19.5 Å². The first kappa shape index (κ1) is 19.9. The Morgan fingerprint density at radius 1 is 1.10 bits per heavy atom. The Morgan fingerprint density at radius 2 is 1.76 bits per heavy atom. The van der Waals surface area contributed by atoms with E-state index >= 15 is 0 Å². The standard InChI is InChI=1S/C22H29N3O4/c26-18(17-9-5-2-6-10-17)19(27)24-13-11-22(12-14-24)20(28)23-21(29)25(22)15-16-7-3-1-4-8-16/h1,3-4,7-8,17-18,26H,2,5-6,9-15H2,(H,23,28,29)/t18-/m1/s1. The van der Waals surface area contributed by atoms with Crippen LogP contribution < -0.4 is 5.32 Å². The Bertz CT molecular complexity index is 768. The van der Waals surface area contributed by atoms with Crippen LogP contribution in [0, 0.1) is 5.92 Å². The highest BCUT2D eigenvalue weighted by Gasteiger charge is 2.54. The van der Waals surface area contributed by atoms with Crippen LogP contribution in [0.5, 0.6) is 0 Å². The van der Waals surface area contributed by atoms with Crippen molar-refractivity contribution in [3.63, 3.8) is 0 Å². The molecule has 7 heteroatoms. The van der Waals surface area contributed by atoms with Crippen molar-refractivity contribution in [1.82, 2.24) is 15.1 Å². The molecule has 4 rings (SSSR count). The molecule has 1 aromatic carbocycles. The molecule has 1 atom stereocenters. The zero-order valence-electron chi connectivity index (χ0n) is 16.7. The predicted molar refractivity (Wildman–Crippen MR) is 107 cm³/mol. The summed E-state index contributed by atoms with van der Waals surface area (Å²) < 4.78 is 0. The van der Waals surface area contributed by atoms with Crippen molar-refractivity contribution >= 4 is 17.8 Å². The lowest BCUT2D eigenvalue weighted by Crippen LogP contribution is -2.58. The van der Waals surface area contributed by atoms with Crippen molar-refractivity contribution in [3.05, 3.63) is 35.9 Å². The minimum atomic E-state index is -0.955. The van der Waals surface area contributed by atoms with Gasteiger partial charge in [0, 0.05) is 19.6 Å². The van der Waals surface area contributed by atoms with Crippen LogP contribution in [0.2, 0.25) is 0 Å². The maximum absolute atomic E-state index is 12.8. The minimum absolute atomic E-state index is 0.0399. The lowest BCUT2D eigenvalue weighted by atomic mass is 9.83. The summed E-state index contributed by atoms with van der Waals surface area (Å²) in [6, 6.07) is 9.22. The second-order valence-corrected chi connectivity index (χ2v) is 8.53. The molecule has 29 heavy (non-hydrogen) atoms. The highest BCUT2D eigenvalue weighted by molar-refractivity contribution is 6.07. The molecular formula is C22H29N3O4. The van der Waals surface area contributed by atoms with E-state index in [2.05, 4.69) is 5.32 Å². The van der Waals surface area contributed by atoms with Gasteiger partial charge in [-0.05, 0) is 37.2 Å². The van der Waals surface area contributed by atoms with Gasteiger partial charge in [-0.1, -0.05) is 49.6 Å². The summed E-state index contributed by atoms with van der Waals surface area (Å²) in [4.78, 5) is 41.3. The maximum atomic E-state index is 12.8. The number of carbonyl (C=O) groups is 3. The van der Waals surface area contributed by atoms with Gasteiger partial charge in [0.25, 0.3) is 11.8 Å². The quantitative estimate of drug-likeness (QED) is 0.758. The molecule has 1 aliphatic carbocycles. The van der Waals surface area contributed by atoms with Gasteiger partial charge < -0.3 is 14.9 Å². The van der Waals surface area contributed by atoms with Gasteiger partial charge >= 0.3 is 6.03 Å². The topological polar surface area (TPSA) is 90.0 Å².